The molecule has 1 aliphatic heterocycles. The predicted octanol–water partition coefficient (Wildman–Crippen LogP) is 2.20. The Labute approximate surface area is 107 Å². The van der Waals surface area contributed by atoms with E-state index in [-0.39, 0.29) is 11.9 Å². The highest BCUT2D eigenvalue weighted by Crippen LogP contribution is 2.31. The molecule has 1 aliphatic rings. The van der Waals surface area contributed by atoms with Gasteiger partial charge in [-0.25, -0.2) is 0 Å². The van der Waals surface area contributed by atoms with Crippen molar-refractivity contribution in [3.8, 4) is 11.5 Å². The zero-order valence-electron chi connectivity index (χ0n) is 10.8. The van der Waals surface area contributed by atoms with Crippen molar-refractivity contribution in [2.45, 2.75) is 19.8 Å². The third kappa shape index (κ3) is 2.75. The fourth-order valence-corrected chi connectivity index (χ4v) is 2.06. The number of hydrogen-bond donors (Lipinski definition) is 0. The summed E-state index contributed by atoms with van der Waals surface area (Å²) in [6.07, 6.45) is 1.43. The number of ether oxygens (including phenoxy) is 3. The third-order valence-corrected chi connectivity index (χ3v) is 3.12. The van der Waals surface area contributed by atoms with Gasteiger partial charge >= 0.3 is 5.97 Å². The Bertz CT molecular complexity index is 428. The molecule has 0 bridgehead atoms. The van der Waals surface area contributed by atoms with E-state index in [0.29, 0.717) is 19.6 Å². The normalized spacial score (nSPS) is 15.0. The van der Waals surface area contributed by atoms with Crippen molar-refractivity contribution in [1.29, 1.82) is 0 Å². The first kappa shape index (κ1) is 12.7. The Morgan fingerprint density at radius 3 is 2.72 bits per heavy atom. The molecule has 0 amide bonds. The minimum absolute atomic E-state index is 0.0995. The molecule has 1 heterocycles. The van der Waals surface area contributed by atoms with Crippen molar-refractivity contribution >= 4 is 5.97 Å². The van der Waals surface area contributed by atoms with E-state index in [9.17, 15) is 4.79 Å². The first-order valence-electron chi connectivity index (χ1n) is 6.21. The lowest BCUT2D eigenvalue weighted by molar-refractivity contribution is -0.145. The summed E-state index contributed by atoms with van der Waals surface area (Å²) in [5.74, 6) is 1.28. The van der Waals surface area contributed by atoms with E-state index in [2.05, 4.69) is 0 Å². The van der Waals surface area contributed by atoms with E-state index in [4.69, 9.17) is 14.2 Å². The average Bonchev–Trinajstić information content (AvgIpc) is 2.43. The Hall–Kier alpha value is -1.71. The molecule has 0 saturated carbocycles. The third-order valence-electron chi connectivity index (χ3n) is 3.12. The monoisotopic (exact) mass is 250 g/mol. The first-order chi connectivity index (χ1) is 8.74. The molecule has 2 rings (SSSR count). The van der Waals surface area contributed by atoms with Crippen LogP contribution in [0.25, 0.3) is 0 Å². The Kier molecular flexibility index (Phi) is 4.07. The van der Waals surface area contributed by atoms with Crippen LogP contribution in [0.5, 0.6) is 11.5 Å². The number of fused-ring (bicyclic) bond motifs is 1. The van der Waals surface area contributed by atoms with Gasteiger partial charge in [0, 0.05) is 0 Å². The number of rotatable bonds is 4. The van der Waals surface area contributed by atoms with Crippen LogP contribution in [0.1, 0.15) is 18.9 Å². The zero-order chi connectivity index (χ0) is 13.0. The molecule has 4 nitrogen and oxygen atoms in total. The second kappa shape index (κ2) is 5.76. The minimum atomic E-state index is -0.160. The summed E-state index contributed by atoms with van der Waals surface area (Å²) < 4.78 is 15.8. The molecule has 1 aromatic carbocycles. The van der Waals surface area contributed by atoms with Gasteiger partial charge in [0.1, 0.15) is 13.2 Å². The van der Waals surface area contributed by atoms with Gasteiger partial charge in [-0.15, -0.1) is 0 Å². The maximum absolute atomic E-state index is 11.6. The lowest BCUT2D eigenvalue weighted by Crippen LogP contribution is -2.18. The van der Waals surface area contributed by atoms with Crippen molar-refractivity contribution in [2.24, 2.45) is 5.92 Å². The van der Waals surface area contributed by atoms with Gasteiger partial charge in [-0.3, -0.25) is 4.79 Å². The maximum Gasteiger partial charge on any atom is 0.308 e. The molecular weight excluding hydrogens is 232 g/mol. The van der Waals surface area contributed by atoms with Crippen LogP contribution in [0.15, 0.2) is 18.2 Å². The lowest BCUT2D eigenvalue weighted by atomic mass is 9.97. The number of esters is 1. The molecule has 0 N–H and O–H groups in total. The summed E-state index contributed by atoms with van der Waals surface area (Å²) in [5.41, 5.74) is 1.07. The molecule has 0 aromatic heterocycles. The van der Waals surface area contributed by atoms with Crippen molar-refractivity contribution in [3.63, 3.8) is 0 Å². The molecule has 98 valence electrons. The second-order valence-corrected chi connectivity index (χ2v) is 4.31. The van der Waals surface area contributed by atoms with E-state index in [1.807, 2.05) is 25.1 Å². The molecular formula is C14H18O4. The van der Waals surface area contributed by atoms with Crippen molar-refractivity contribution in [3.05, 3.63) is 23.8 Å². The smallest absolute Gasteiger partial charge is 0.308 e. The summed E-state index contributed by atoms with van der Waals surface area (Å²) in [7, 11) is 1.43. The van der Waals surface area contributed by atoms with E-state index in [1.165, 1.54) is 7.11 Å². The summed E-state index contributed by atoms with van der Waals surface area (Å²) in [6, 6.07) is 5.81. The molecule has 18 heavy (non-hydrogen) atoms. The van der Waals surface area contributed by atoms with Crippen LogP contribution in [-0.4, -0.2) is 26.3 Å². The topological polar surface area (TPSA) is 44.8 Å². The quantitative estimate of drug-likeness (QED) is 0.768. The van der Waals surface area contributed by atoms with Gasteiger partial charge < -0.3 is 14.2 Å². The summed E-state index contributed by atoms with van der Waals surface area (Å²) in [5, 5.41) is 0. The van der Waals surface area contributed by atoms with Crippen LogP contribution < -0.4 is 9.47 Å². The van der Waals surface area contributed by atoms with Crippen LogP contribution in [0, 0.1) is 5.92 Å². The Morgan fingerprint density at radius 1 is 1.33 bits per heavy atom. The van der Waals surface area contributed by atoms with Gasteiger partial charge in [0.25, 0.3) is 0 Å². The highest BCUT2D eigenvalue weighted by Gasteiger charge is 2.19. The molecule has 0 saturated heterocycles. The fraction of sp³-hybridized carbons (Fsp3) is 0.500. The zero-order valence-corrected chi connectivity index (χ0v) is 10.8. The summed E-state index contributed by atoms with van der Waals surface area (Å²) >= 11 is 0. The van der Waals surface area contributed by atoms with E-state index in [1.54, 1.807) is 0 Å². The fourth-order valence-electron chi connectivity index (χ4n) is 2.06. The van der Waals surface area contributed by atoms with Crippen LogP contribution in [0.4, 0.5) is 0 Å². The SMILES string of the molecule is CCC(Cc1ccc2c(c1)OCCO2)C(=O)OC. The van der Waals surface area contributed by atoms with Crippen molar-refractivity contribution < 1.29 is 19.0 Å². The second-order valence-electron chi connectivity index (χ2n) is 4.31. The van der Waals surface area contributed by atoms with Crippen LogP contribution in [-0.2, 0) is 16.0 Å². The van der Waals surface area contributed by atoms with Gasteiger partial charge in [0.05, 0.1) is 13.0 Å². The highest BCUT2D eigenvalue weighted by atomic mass is 16.6. The largest absolute Gasteiger partial charge is 0.486 e. The first-order valence-corrected chi connectivity index (χ1v) is 6.21. The van der Waals surface area contributed by atoms with E-state index >= 15 is 0 Å². The predicted molar refractivity (Wildman–Crippen MR) is 66.9 cm³/mol. The number of carbonyl (C=O) groups is 1. The van der Waals surface area contributed by atoms with Gasteiger partial charge in [-0.05, 0) is 30.5 Å². The highest BCUT2D eigenvalue weighted by molar-refractivity contribution is 5.72. The van der Waals surface area contributed by atoms with Crippen LogP contribution >= 0.6 is 0 Å². The minimum Gasteiger partial charge on any atom is -0.486 e. The van der Waals surface area contributed by atoms with Gasteiger partial charge in [0.2, 0.25) is 0 Å². The standard InChI is InChI=1S/C14H18O4/c1-3-11(14(15)16-2)8-10-4-5-12-13(9-10)18-7-6-17-12/h4-5,9,11H,3,6-8H2,1-2H3. The van der Waals surface area contributed by atoms with Gasteiger partial charge in [-0.2, -0.15) is 0 Å². The molecule has 1 aromatic rings. The van der Waals surface area contributed by atoms with Crippen molar-refractivity contribution in [1.82, 2.24) is 0 Å². The van der Waals surface area contributed by atoms with Crippen molar-refractivity contribution in [2.75, 3.05) is 20.3 Å². The average molecular weight is 250 g/mol. The molecule has 0 radical (unpaired) electrons. The Balaban J connectivity index is 2.11. The molecule has 1 unspecified atom stereocenters. The van der Waals surface area contributed by atoms with E-state index in [0.717, 1.165) is 23.5 Å². The summed E-state index contributed by atoms with van der Waals surface area (Å²) in [6.45, 7) is 3.15. The van der Waals surface area contributed by atoms with E-state index < -0.39 is 0 Å². The number of benzene rings is 1. The van der Waals surface area contributed by atoms with Crippen LogP contribution in [0.3, 0.4) is 0 Å². The molecule has 4 heteroatoms. The lowest BCUT2D eigenvalue weighted by Gasteiger charge is -2.19. The summed E-state index contributed by atoms with van der Waals surface area (Å²) in [4.78, 5) is 11.6. The molecule has 0 spiro atoms. The van der Waals surface area contributed by atoms with Gasteiger partial charge in [-0.1, -0.05) is 13.0 Å². The number of carbonyl (C=O) groups excluding carboxylic acids is 1. The number of hydrogen-bond acceptors (Lipinski definition) is 4. The molecule has 0 aliphatic carbocycles. The number of methoxy groups -OCH3 is 1. The van der Waals surface area contributed by atoms with Gasteiger partial charge in [0.15, 0.2) is 11.5 Å². The maximum atomic E-state index is 11.6. The Morgan fingerprint density at radius 2 is 2.06 bits per heavy atom. The molecule has 1 atom stereocenters. The molecule has 0 fully saturated rings. The van der Waals surface area contributed by atoms with Crippen LogP contribution in [0.2, 0.25) is 0 Å².